The first-order valence-corrected chi connectivity index (χ1v) is 7.27. The predicted octanol–water partition coefficient (Wildman–Crippen LogP) is 4.29. The highest BCUT2D eigenvalue weighted by atomic mass is 19.4. The van der Waals surface area contributed by atoms with Gasteiger partial charge in [-0.25, -0.2) is 0 Å². The number of benzene rings is 2. The van der Waals surface area contributed by atoms with Crippen molar-refractivity contribution >= 4 is 5.69 Å². The SMILES string of the molecule is FC(F)(F)c1cccc(NCc2nnc(Cc3ccccc3)o2)c1. The molecule has 0 atom stereocenters. The van der Waals surface area contributed by atoms with Crippen LogP contribution in [-0.2, 0) is 19.1 Å². The fraction of sp³-hybridized carbons (Fsp3) is 0.176. The smallest absolute Gasteiger partial charge is 0.416 e. The summed E-state index contributed by atoms with van der Waals surface area (Å²) in [6.45, 7) is 0.156. The molecular formula is C17H14F3N3O. The van der Waals surface area contributed by atoms with Crippen molar-refractivity contribution in [2.75, 3.05) is 5.32 Å². The Labute approximate surface area is 136 Å². The highest BCUT2D eigenvalue weighted by molar-refractivity contribution is 5.46. The van der Waals surface area contributed by atoms with Crippen molar-refractivity contribution in [3.63, 3.8) is 0 Å². The molecule has 0 saturated heterocycles. The molecule has 0 aliphatic rings. The molecule has 24 heavy (non-hydrogen) atoms. The van der Waals surface area contributed by atoms with Gasteiger partial charge in [-0.1, -0.05) is 36.4 Å². The van der Waals surface area contributed by atoms with E-state index in [2.05, 4.69) is 15.5 Å². The molecule has 1 heterocycles. The van der Waals surface area contributed by atoms with E-state index in [0.29, 0.717) is 23.9 Å². The van der Waals surface area contributed by atoms with Crippen LogP contribution in [0.5, 0.6) is 0 Å². The highest BCUT2D eigenvalue weighted by Crippen LogP contribution is 2.30. The molecule has 3 aromatic rings. The number of anilines is 1. The van der Waals surface area contributed by atoms with E-state index in [1.807, 2.05) is 30.3 Å². The Hall–Kier alpha value is -2.83. The van der Waals surface area contributed by atoms with Gasteiger partial charge >= 0.3 is 6.18 Å². The van der Waals surface area contributed by atoms with Gasteiger partial charge < -0.3 is 9.73 Å². The summed E-state index contributed by atoms with van der Waals surface area (Å²) in [5, 5.41) is 10.7. The Balaban J connectivity index is 1.62. The van der Waals surface area contributed by atoms with Crippen molar-refractivity contribution in [3.8, 4) is 0 Å². The number of hydrogen-bond donors (Lipinski definition) is 1. The van der Waals surface area contributed by atoms with Gasteiger partial charge in [0, 0.05) is 5.69 Å². The molecule has 0 aliphatic carbocycles. The zero-order valence-corrected chi connectivity index (χ0v) is 12.5. The Kier molecular flexibility index (Phi) is 4.50. The Morgan fingerprint density at radius 2 is 1.67 bits per heavy atom. The molecule has 4 nitrogen and oxygen atoms in total. The number of hydrogen-bond acceptors (Lipinski definition) is 4. The summed E-state index contributed by atoms with van der Waals surface area (Å²) in [7, 11) is 0. The minimum Gasteiger partial charge on any atom is -0.423 e. The van der Waals surface area contributed by atoms with Gasteiger partial charge in [0.05, 0.1) is 18.5 Å². The summed E-state index contributed by atoms with van der Waals surface area (Å²) in [5.41, 5.74) is 0.675. The number of rotatable bonds is 5. The summed E-state index contributed by atoms with van der Waals surface area (Å²) in [5.74, 6) is 0.778. The van der Waals surface area contributed by atoms with E-state index in [9.17, 15) is 13.2 Å². The maximum absolute atomic E-state index is 12.7. The lowest BCUT2D eigenvalue weighted by Crippen LogP contribution is -2.06. The van der Waals surface area contributed by atoms with Crippen LogP contribution in [0, 0.1) is 0 Å². The fourth-order valence-corrected chi connectivity index (χ4v) is 2.18. The zero-order chi connectivity index (χ0) is 17.0. The lowest BCUT2D eigenvalue weighted by atomic mass is 10.2. The van der Waals surface area contributed by atoms with Gasteiger partial charge in [-0.3, -0.25) is 0 Å². The zero-order valence-electron chi connectivity index (χ0n) is 12.5. The summed E-state index contributed by atoms with van der Waals surface area (Å²) < 4.78 is 43.5. The molecule has 0 fully saturated rings. The number of aromatic nitrogens is 2. The van der Waals surface area contributed by atoms with Crippen LogP contribution in [0.3, 0.4) is 0 Å². The summed E-state index contributed by atoms with van der Waals surface area (Å²) in [6, 6.07) is 14.6. The molecule has 1 N–H and O–H groups in total. The molecule has 0 aliphatic heterocycles. The highest BCUT2D eigenvalue weighted by Gasteiger charge is 2.30. The van der Waals surface area contributed by atoms with Crippen molar-refractivity contribution in [1.82, 2.24) is 10.2 Å². The maximum Gasteiger partial charge on any atom is 0.416 e. The first kappa shape index (κ1) is 16.0. The van der Waals surface area contributed by atoms with Gasteiger partial charge in [0.2, 0.25) is 11.8 Å². The van der Waals surface area contributed by atoms with Crippen LogP contribution in [0.2, 0.25) is 0 Å². The monoisotopic (exact) mass is 333 g/mol. The van der Waals surface area contributed by atoms with Crippen LogP contribution >= 0.6 is 0 Å². The first-order chi connectivity index (χ1) is 11.5. The number of alkyl halides is 3. The van der Waals surface area contributed by atoms with Gasteiger partial charge in [-0.05, 0) is 23.8 Å². The molecule has 2 aromatic carbocycles. The average molecular weight is 333 g/mol. The third-order valence-electron chi connectivity index (χ3n) is 3.34. The summed E-state index contributed by atoms with van der Waals surface area (Å²) in [4.78, 5) is 0. The maximum atomic E-state index is 12.7. The van der Waals surface area contributed by atoms with Gasteiger partial charge in [0.1, 0.15) is 0 Å². The van der Waals surface area contributed by atoms with Crippen molar-refractivity contribution in [1.29, 1.82) is 0 Å². The van der Waals surface area contributed by atoms with E-state index < -0.39 is 11.7 Å². The lowest BCUT2D eigenvalue weighted by Gasteiger charge is -2.09. The first-order valence-electron chi connectivity index (χ1n) is 7.27. The van der Waals surface area contributed by atoms with Crippen LogP contribution in [-0.4, -0.2) is 10.2 Å². The van der Waals surface area contributed by atoms with Crippen LogP contribution in [0.15, 0.2) is 59.0 Å². The molecule has 3 rings (SSSR count). The summed E-state index contributed by atoms with van der Waals surface area (Å²) >= 11 is 0. The van der Waals surface area contributed by atoms with E-state index in [1.54, 1.807) is 6.07 Å². The Morgan fingerprint density at radius 1 is 0.917 bits per heavy atom. The predicted molar refractivity (Wildman–Crippen MR) is 82.3 cm³/mol. The minimum atomic E-state index is -4.37. The molecule has 0 saturated carbocycles. The van der Waals surface area contributed by atoms with Gasteiger partial charge in [0.25, 0.3) is 0 Å². The van der Waals surface area contributed by atoms with Gasteiger partial charge in [-0.2, -0.15) is 13.2 Å². The fourth-order valence-electron chi connectivity index (χ4n) is 2.18. The second-order valence-corrected chi connectivity index (χ2v) is 5.18. The minimum absolute atomic E-state index is 0.156. The molecular weight excluding hydrogens is 319 g/mol. The van der Waals surface area contributed by atoms with E-state index in [1.165, 1.54) is 6.07 Å². The van der Waals surface area contributed by atoms with E-state index >= 15 is 0 Å². The van der Waals surface area contributed by atoms with Crippen LogP contribution in [0.25, 0.3) is 0 Å². The van der Waals surface area contributed by atoms with Crippen LogP contribution in [0.4, 0.5) is 18.9 Å². The lowest BCUT2D eigenvalue weighted by molar-refractivity contribution is -0.137. The summed E-state index contributed by atoms with van der Waals surface area (Å²) in [6.07, 6.45) is -3.86. The molecule has 124 valence electrons. The second-order valence-electron chi connectivity index (χ2n) is 5.18. The third-order valence-corrected chi connectivity index (χ3v) is 3.34. The topological polar surface area (TPSA) is 51.0 Å². The average Bonchev–Trinajstić information content (AvgIpc) is 3.01. The number of nitrogens with zero attached hydrogens (tertiary/aromatic N) is 2. The molecule has 0 unspecified atom stereocenters. The van der Waals surface area contributed by atoms with Gasteiger partial charge in [-0.15, -0.1) is 10.2 Å². The molecule has 0 radical (unpaired) electrons. The number of halogens is 3. The van der Waals surface area contributed by atoms with E-state index in [0.717, 1.165) is 17.7 Å². The quantitative estimate of drug-likeness (QED) is 0.757. The van der Waals surface area contributed by atoms with Gasteiger partial charge in [0.15, 0.2) is 0 Å². The van der Waals surface area contributed by atoms with Crippen molar-refractivity contribution in [3.05, 3.63) is 77.5 Å². The largest absolute Gasteiger partial charge is 0.423 e. The molecule has 0 spiro atoms. The van der Waals surface area contributed by atoms with Crippen molar-refractivity contribution in [2.45, 2.75) is 19.1 Å². The van der Waals surface area contributed by atoms with Crippen LogP contribution < -0.4 is 5.32 Å². The van der Waals surface area contributed by atoms with Crippen molar-refractivity contribution in [2.24, 2.45) is 0 Å². The van der Waals surface area contributed by atoms with E-state index in [-0.39, 0.29) is 6.54 Å². The third kappa shape index (κ3) is 4.13. The normalized spacial score (nSPS) is 11.5. The molecule has 0 bridgehead atoms. The van der Waals surface area contributed by atoms with Crippen LogP contribution in [0.1, 0.15) is 22.9 Å². The molecule has 1 aromatic heterocycles. The Bertz CT molecular complexity index is 800. The van der Waals surface area contributed by atoms with Crippen molar-refractivity contribution < 1.29 is 17.6 Å². The molecule has 7 heteroatoms. The number of nitrogens with one attached hydrogen (secondary N) is 1. The standard InChI is InChI=1S/C17H14F3N3O/c18-17(19,20)13-7-4-8-14(10-13)21-11-16-23-22-15(24-16)9-12-5-2-1-3-6-12/h1-8,10,21H,9,11H2. The molecule has 0 amide bonds. The van der Waals surface area contributed by atoms with E-state index in [4.69, 9.17) is 4.42 Å². The Morgan fingerprint density at radius 3 is 2.42 bits per heavy atom. The second kappa shape index (κ2) is 6.74.